The van der Waals surface area contributed by atoms with Crippen molar-refractivity contribution in [1.82, 2.24) is 5.32 Å². The normalized spacial score (nSPS) is 15.5. The molecule has 3 nitrogen and oxygen atoms in total. The van der Waals surface area contributed by atoms with Gasteiger partial charge in [0.15, 0.2) is 0 Å². The van der Waals surface area contributed by atoms with Crippen LogP contribution in [-0.4, -0.2) is 26.5 Å². The van der Waals surface area contributed by atoms with Crippen LogP contribution in [0.25, 0.3) is 0 Å². The van der Waals surface area contributed by atoms with Gasteiger partial charge < -0.3 is 5.32 Å². The monoisotopic (exact) mass is 319 g/mol. The molecule has 0 spiro atoms. The summed E-state index contributed by atoms with van der Waals surface area (Å²) in [6.07, 6.45) is 1.26. The van der Waals surface area contributed by atoms with Gasteiger partial charge in [-0.25, -0.2) is 8.42 Å². The topological polar surface area (TPSA) is 46.2 Å². The van der Waals surface area contributed by atoms with E-state index in [1.54, 1.807) is 0 Å². The highest BCUT2D eigenvalue weighted by molar-refractivity contribution is 9.10. The van der Waals surface area contributed by atoms with Crippen molar-refractivity contribution in [3.05, 3.63) is 34.3 Å². The molecule has 0 fully saturated rings. The molecule has 2 atom stereocenters. The fourth-order valence-electron chi connectivity index (χ4n) is 1.85. The summed E-state index contributed by atoms with van der Waals surface area (Å²) in [6, 6.07) is 7.98. The van der Waals surface area contributed by atoms with E-state index in [0.29, 0.717) is 0 Å². The Morgan fingerprint density at radius 1 is 1.29 bits per heavy atom. The van der Waals surface area contributed by atoms with Gasteiger partial charge in [-0.2, -0.15) is 0 Å². The second kappa shape index (κ2) is 5.98. The third-order valence-electron chi connectivity index (χ3n) is 2.46. The molecule has 0 radical (unpaired) electrons. The van der Waals surface area contributed by atoms with Gasteiger partial charge in [0.2, 0.25) is 0 Å². The first-order valence-electron chi connectivity index (χ1n) is 5.48. The van der Waals surface area contributed by atoms with Crippen LogP contribution in [0.3, 0.4) is 0 Å². The highest BCUT2D eigenvalue weighted by Gasteiger charge is 2.15. The third kappa shape index (κ3) is 5.19. The first-order valence-corrected chi connectivity index (χ1v) is 8.33. The largest absolute Gasteiger partial charge is 0.307 e. The number of sulfone groups is 1. The first kappa shape index (κ1) is 14.7. The molecule has 96 valence electrons. The quantitative estimate of drug-likeness (QED) is 0.907. The fourth-order valence-corrected chi connectivity index (χ4v) is 3.48. The molecular weight excluding hydrogens is 302 g/mol. The van der Waals surface area contributed by atoms with Crippen molar-refractivity contribution in [3.8, 4) is 0 Å². The average Bonchev–Trinajstić information content (AvgIpc) is 2.14. The lowest BCUT2D eigenvalue weighted by Gasteiger charge is -2.20. The summed E-state index contributed by atoms with van der Waals surface area (Å²) in [7, 11) is -2.94. The van der Waals surface area contributed by atoms with E-state index in [1.165, 1.54) is 6.26 Å². The molecule has 0 aliphatic heterocycles. The lowest BCUT2D eigenvalue weighted by atomic mass is 10.1. The summed E-state index contributed by atoms with van der Waals surface area (Å²) in [5.74, 6) is 0.155. The highest BCUT2D eigenvalue weighted by Crippen LogP contribution is 2.23. The smallest absolute Gasteiger partial charge is 0.148 e. The Labute approximate surface area is 112 Å². The van der Waals surface area contributed by atoms with E-state index in [4.69, 9.17) is 0 Å². The van der Waals surface area contributed by atoms with Crippen LogP contribution in [0.4, 0.5) is 0 Å². The Hall–Kier alpha value is -0.390. The maximum Gasteiger partial charge on any atom is 0.148 e. The molecule has 17 heavy (non-hydrogen) atoms. The minimum Gasteiger partial charge on any atom is -0.307 e. The van der Waals surface area contributed by atoms with Crippen LogP contribution < -0.4 is 5.32 Å². The molecule has 1 aromatic carbocycles. The van der Waals surface area contributed by atoms with Crippen LogP contribution in [-0.2, 0) is 9.84 Å². The summed E-state index contributed by atoms with van der Waals surface area (Å²) in [5.41, 5.74) is 1.13. The molecular formula is C12H18BrNO2S. The molecule has 1 aromatic rings. The van der Waals surface area contributed by atoms with Gasteiger partial charge in [0.05, 0.1) is 5.75 Å². The molecule has 0 bridgehead atoms. The molecule has 0 saturated carbocycles. The Bertz CT molecular complexity index is 473. The van der Waals surface area contributed by atoms with E-state index >= 15 is 0 Å². The van der Waals surface area contributed by atoms with Crippen molar-refractivity contribution in [1.29, 1.82) is 0 Å². The van der Waals surface area contributed by atoms with Gasteiger partial charge in [0.1, 0.15) is 9.84 Å². The van der Waals surface area contributed by atoms with Gasteiger partial charge in [-0.15, -0.1) is 0 Å². The minimum absolute atomic E-state index is 0.0629. The molecule has 0 aromatic heterocycles. The van der Waals surface area contributed by atoms with E-state index in [1.807, 2.05) is 38.1 Å². The average molecular weight is 320 g/mol. The van der Waals surface area contributed by atoms with Crippen LogP contribution in [0.5, 0.6) is 0 Å². The van der Waals surface area contributed by atoms with E-state index in [-0.39, 0.29) is 17.8 Å². The van der Waals surface area contributed by atoms with Crippen molar-refractivity contribution in [2.75, 3.05) is 12.0 Å². The van der Waals surface area contributed by atoms with Crippen LogP contribution in [0.2, 0.25) is 0 Å². The van der Waals surface area contributed by atoms with E-state index < -0.39 is 9.84 Å². The second-order valence-corrected chi connectivity index (χ2v) is 7.44. The number of hydrogen-bond acceptors (Lipinski definition) is 3. The summed E-state index contributed by atoms with van der Waals surface area (Å²) >= 11 is 3.49. The van der Waals surface area contributed by atoms with Crippen molar-refractivity contribution in [2.45, 2.75) is 25.9 Å². The van der Waals surface area contributed by atoms with E-state index in [9.17, 15) is 8.42 Å². The van der Waals surface area contributed by atoms with Crippen LogP contribution in [0.1, 0.15) is 25.5 Å². The Morgan fingerprint density at radius 2 is 1.88 bits per heavy atom. The molecule has 5 heteroatoms. The molecule has 1 N–H and O–H groups in total. The Morgan fingerprint density at radius 3 is 2.41 bits per heavy atom. The lowest BCUT2D eigenvalue weighted by Crippen LogP contribution is -2.34. The molecule has 0 saturated heterocycles. The first-order chi connectivity index (χ1) is 7.79. The number of rotatable bonds is 5. The highest BCUT2D eigenvalue weighted by atomic mass is 79.9. The lowest BCUT2D eigenvalue weighted by molar-refractivity contribution is 0.499. The maximum absolute atomic E-state index is 11.2. The molecule has 0 aliphatic carbocycles. The second-order valence-electron chi connectivity index (χ2n) is 4.40. The summed E-state index contributed by atoms with van der Waals surface area (Å²) in [4.78, 5) is 0. The summed E-state index contributed by atoms with van der Waals surface area (Å²) in [6.45, 7) is 3.91. The van der Waals surface area contributed by atoms with Crippen molar-refractivity contribution in [3.63, 3.8) is 0 Å². The maximum atomic E-state index is 11.2. The summed E-state index contributed by atoms with van der Waals surface area (Å²) < 4.78 is 23.4. The molecule has 1 rings (SSSR count). The third-order valence-corrected chi connectivity index (χ3v) is 4.29. The van der Waals surface area contributed by atoms with Gasteiger partial charge >= 0.3 is 0 Å². The van der Waals surface area contributed by atoms with Crippen LogP contribution >= 0.6 is 15.9 Å². The predicted octanol–water partition coefficient (Wildman–Crippen LogP) is 2.53. The molecule has 0 aliphatic rings. The van der Waals surface area contributed by atoms with Crippen molar-refractivity contribution in [2.24, 2.45) is 0 Å². The van der Waals surface area contributed by atoms with Gasteiger partial charge in [-0.3, -0.25) is 0 Å². The van der Waals surface area contributed by atoms with Crippen molar-refractivity contribution < 1.29 is 8.42 Å². The van der Waals surface area contributed by atoms with E-state index in [2.05, 4.69) is 21.2 Å². The Kier molecular flexibility index (Phi) is 5.16. The minimum atomic E-state index is -2.94. The zero-order valence-electron chi connectivity index (χ0n) is 10.3. The number of benzene rings is 1. The number of hydrogen-bond donors (Lipinski definition) is 1. The molecule has 0 heterocycles. The van der Waals surface area contributed by atoms with E-state index in [0.717, 1.165) is 10.0 Å². The van der Waals surface area contributed by atoms with Crippen LogP contribution in [0, 0.1) is 0 Å². The molecule has 1 unspecified atom stereocenters. The Balaban J connectivity index is 2.67. The molecule has 0 amide bonds. The van der Waals surface area contributed by atoms with Gasteiger partial charge in [0, 0.05) is 22.8 Å². The van der Waals surface area contributed by atoms with Crippen molar-refractivity contribution >= 4 is 25.8 Å². The predicted molar refractivity (Wildman–Crippen MR) is 74.9 cm³/mol. The van der Waals surface area contributed by atoms with Gasteiger partial charge in [0.25, 0.3) is 0 Å². The van der Waals surface area contributed by atoms with Gasteiger partial charge in [-0.05, 0) is 25.5 Å². The SMILES string of the molecule is CC(CS(C)(=O)=O)N[C@H](C)c1ccccc1Br. The zero-order chi connectivity index (χ0) is 13.1. The fraction of sp³-hybridized carbons (Fsp3) is 0.500. The number of nitrogens with one attached hydrogen (secondary N) is 1. The zero-order valence-corrected chi connectivity index (χ0v) is 12.7. The standard InChI is InChI=1S/C12H18BrNO2S/c1-9(8-17(3,15)16)14-10(2)11-6-4-5-7-12(11)13/h4-7,9-10,14H,8H2,1-3H3/t9?,10-/m1/s1. The van der Waals surface area contributed by atoms with Gasteiger partial charge in [-0.1, -0.05) is 34.1 Å². The number of halogens is 1. The summed E-state index contributed by atoms with van der Waals surface area (Å²) in [5, 5.41) is 3.28. The van der Waals surface area contributed by atoms with Crippen LogP contribution in [0.15, 0.2) is 28.7 Å².